The van der Waals surface area contributed by atoms with E-state index in [1.54, 1.807) is 0 Å². The second-order valence-corrected chi connectivity index (χ2v) is 7.13. The minimum Gasteiger partial charge on any atom is -0.464 e. The highest BCUT2D eigenvalue weighted by molar-refractivity contribution is 6.31. The highest BCUT2D eigenvalue weighted by Crippen LogP contribution is 2.40. The van der Waals surface area contributed by atoms with Crippen LogP contribution in [0.15, 0.2) is 28.8 Å². The Kier molecular flexibility index (Phi) is 2.82. The molecule has 4 nitrogen and oxygen atoms in total. The predicted molar refractivity (Wildman–Crippen MR) is 88.6 cm³/mol. The zero-order valence-corrected chi connectivity index (χ0v) is 13.7. The zero-order chi connectivity index (χ0) is 15.5. The van der Waals surface area contributed by atoms with Gasteiger partial charge >= 0.3 is 0 Å². The van der Waals surface area contributed by atoms with Gasteiger partial charge in [0, 0.05) is 33.6 Å². The quantitative estimate of drug-likeness (QED) is 0.723. The van der Waals surface area contributed by atoms with E-state index in [9.17, 15) is 0 Å². The summed E-state index contributed by atoms with van der Waals surface area (Å²) in [6, 6.07) is 6.08. The maximum atomic E-state index is 6.28. The Hall–Kier alpha value is -1.94. The minimum atomic E-state index is 0.0315. The summed E-state index contributed by atoms with van der Waals surface area (Å²) in [7, 11) is 0. The molecule has 0 unspecified atom stereocenters. The topological polar surface area (TPSA) is 45.1 Å². The summed E-state index contributed by atoms with van der Waals surface area (Å²) in [5.74, 6) is 2.02. The van der Waals surface area contributed by atoms with Gasteiger partial charge in [-0.3, -0.25) is 5.10 Å². The number of aromatic amines is 1. The molecular formula is C17H18ClN3O. The number of hydrogen-bond donors (Lipinski definition) is 1. The molecular weight excluding hydrogens is 298 g/mol. The number of H-pyrrole nitrogens is 1. The molecule has 0 spiro atoms. The fourth-order valence-electron chi connectivity index (χ4n) is 3.47. The van der Waals surface area contributed by atoms with Crippen LogP contribution in [0.3, 0.4) is 0 Å². The maximum Gasteiger partial charge on any atom is 0.127 e. The molecule has 1 aliphatic heterocycles. The summed E-state index contributed by atoms with van der Waals surface area (Å²) in [5.41, 5.74) is 3.40. The molecule has 3 aromatic rings. The van der Waals surface area contributed by atoms with E-state index in [0.29, 0.717) is 5.02 Å². The van der Waals surface area contributed by atoms with Gasteiger partial charge in [-0.2, -0.15) is 5.10 Å². The van der Waals surface area contributed by atoms with Crippen LogP contribution in [0.5, 0.6) is 0 Å². The lowest BCUT2D eigenvalue weighted by Gasteiger charge is -2.38. The third-order valence-electron chi connectivity index (χ3n) is 4.42. The summed E-state index contributed by atoms with van der Waals surface area (Å²) in [6.45, 7) is 8.19. The average Bonchev–Trinajstić information content (AvgIpc) is 3.03. The number of aryl methyl sites for hydroxylation is 1. The molecule has 0 saturated heterocycles. The Morgan fingerprint density at radius 3 is 2.95 bits per heavy atom. The molecule has 1 aliphatic rings. The Morgan fingerprint density at radius 1 is 1.32 bits per heavy atom. The van der Waals surface area contributed by atoms with Crippen molar-refractivity contribution in [3.05, 3.63) is 46.5 Å². The highest BCUT2D eigenvalue weighted by atomic mass is 35.5. The van der Waals surface area contributed by atoms with Crippen molar-refractivity contribution < 1.29 is 4.42 Å². The first-order valence-corrected chi connectivity index (χ1v) is 7.79. The van der Waals surface area contributed by atoms with Crippen molar-refractivity contribution in [1.29, 1.82) is 0 Å². The van der Waals surface area contributed by atoms with E-state index in [0.717, 1.165) is 41.2 Å². The molecule has 0 radical (unpaired) electrons. The molecule has 0 aliphatic carbocycles. The SMILES string of the molecule is Cc1cc2c(o1)CN(c1cc(Cl)cc3[nH]ncc13)CC2(C)C. The summed E-state index contributed by atoms with van der Waals surface area (Å²) in [5, 5.41) is 8.95. The van der Waals surface area contributed by atoms with Gasteiger partial charge in [-0.05, 0) is 25.1 Å². The van der Waals surface area contributed by atoms with Gasteiger partial charge < -0.3 is 9.32 Å². The van der Waals surface area contributed by atoms with Gasteiger partial charge in [-0.15, -0.1) is 0 Å². The van der Waals surface area contributed by atoms with Crippen LogP contribution in [-0.2, 0) is 12.0 Å². The summed E-state index contributed by atoms with van der Waals surface area (Å²) >= 11 is 6.28. The van der Waals surface area contributed by atoms with Crippen LogP contribution in [0, 0.1) is 6.92 Å². The molecule has 22 heavy (non-hydrogen) atoms. The monoisotopic (exact) mass is 315 g/mol. The van der Waals surface area contributed by atoms with Gasteiger partial charge in [-0.25, -0.2) is 0 Å². The number of anilines is 1. The van der Waals surface area contributed by atoms with Crippen LogP contribution in [-0.4, -0.2) is 16.7 Å². The summed E-state index contributed by atoms with van der Waals surface area (Å²) in [6.07, 6.45) is 1.86. The number of fused-ring (bicyclic) bond motifs is 2. The molecule has 0 amide bonds. The van der Waals surface area contributed by atoms with Crippen molar-refractivity contribution in [3.63, 3.8) is 0 Å². The van der Waals surface area contributed by atoms with Gasteiger partial charge in [0.1, 0.15) is 11.5 Å². The number of aromatic nitrogens is 2. The number of hydrogen-bond acceptors (Lipinski definition) is 3. The molecule has 0 fully saturated rings. The summed E-state index contributed by atoms with van der Waals surface area (Å²) < 4.78 is 5.92. The largest absolute Gasteiger partial charge is 0.464 e. The normalized spacial score (nSPS) is 17.0. The van der Waals surface area contributed by atoms with E-state index in [4.69, 9.17) is 16.0 Å². The average molecular weight is 316 g/mol. The molecule has 5 heteroatoms. The van der Waals surface area contributed by atoms with Crippen LogP contribution in [0.25, 0.3) is 10.9 Å². The Labute approximate surface area is 134 Å². The number of halogens is 1. The van der Waals surface area contributed by atoms with Crippen molar-refractivity contribution in [1.82, 2.24) is 10.2 Å². The second kappa shape index (κ2) is 4.53. The van der Waals surface area contributed by atoms with Crippen molar-refractivity contribution in [2.45, 2.75) is 32.7 Å². The Morgan fingerprint density at radius 2 is 2.14 bits per heavy atom. The molecule has 114 valence electrons. The smallest absolute Gasteiger partial charge is 0.127 e. The first-order chi connectivity index (χ1) is 10.4. The van der Waals surface area contributed by atoms with Crippen LogP contribution in [0.4, 0.5) is 5.69 Å². The predicted octanol–water partition coefficient (Wildman–Crippen LogP) is 4.42. The van der Waals surface area contributed by atoms with E-state index in [1.807, 2.05) is 25.3 Å². The van der Waals surface area contributed by atoms with Crippen LogP contribution in [0.2, 0.25) is 5.02 Å². The first-order valence-electron chi connectivity index (χ1n) is 7.41. The lowest BCUT2D eigenvalue weighted by Crippen LogP contribution is -2.41. The number of nitrogens with zero attached hydrogens (tertiary/aromatic N) is 2. The van der Waals surface area contributed by atoms with Crippen LogP contribution < -0.4 is 4.90 Å². The van der Waals surface area contributed by atoms with Crippen molar-refractivity contribution in [2.24, 2.45) is 0 Å². The maximum absolute atomic E-state index is 6.28. The molecule has 0 saturated carbocycles. The minimum absolute atomic E-state index is 0.0315. The van der Waals surface area contributed by atoms with E-state index in [-0.39, 0.29) is 5.41 Å². The van der Waals surface area contributed by atoms with Gasteiger partial charge in [0.25, 0.3) is 0 Å². The lowest BCUT2D eigenvalue weighted by molar-refractivity contribution is 0.410. The Bertz CT molecular complexity index is 862. The molecule has 1 N–H and O–H groups in total. The fraction of sp³-hybridized carbons (Fsp3) is 0.353. The number of benzene rings is 1. The van der Waals surface area contributed by atoms with Gasteiger partial charge in [0.15, 0.2) is 0 Å². The van der Waals surface area contributed by atoms with Gasteiger partial charge in [0.2, 0.25) is 0 Å². The second-order valence-electron chi connectivity index (χ2n) is 6.69. The van der Waals surface area contributed by atoms with Gasteiger partial charge in [0.05, 0.1) is 18.3 Å². The summed E-state index contributed by atoms with van der Waals surface area (Å²) in [4.78, 5) is 2.33. The molecule has 2 aromatic heterocycles. The third kappa shape index (κ3) is 2.02. The standard InChI is InChI=1S/C17H18ClN3O/c1-10-4-13-16(22-10)8-21(9-17(13,2)3)15-6-11(18)5-14-12(15)7-19-20-14/h4-7H,8-9H2,1-3H3,(H,19,20). The van der Waals surface area contributed by atoms with Crippen molar-refractivity contribution in [3.8, 4) is 0 Å². The fourth-order valence-corrected chi connectivity index (χ4v) is 3.69. The molecule has 0 atom stereocenters. The number of nitrogens with one attached hydrogen (secondary N) is 1. The molecule has 1 aromatic carbocycles. The lowest BCUT2D eigenvalue weighted by atomic mass is 9.81. The van der Waals surface area contributed by atoms with Gasteiger partial charge in [-0.1, -0.05) is 25.4 Å². The van der Waals surface area contributed by atoms with E-state index in [1.165, 1.54) is 5.56 Å². The van der Waals surface area contributed by atoms with Crippen LogP contribution >= 0.6 is 11.6 Å². The van der Waals surface area contributed by atoms with Crippen molar-refractivity contribution >= 4 is 28.2 Å². The molecule has 0 bridgehead atoms. The van der Waals surface area contributed by atoms with E-state index >= 15 is 0 Å². The van der Waals surface area contributed by atoms with E-state index in [2.05, 4.69) is 35.0 Å². The first kappa shape index (κ1) is 13.7. The molecule has 3 heterocycles. The third-order valence-corrected chi connectivity index (χ3v) is 4.64. The van der Waals surface area contributed by atoms with E-state index < -0.39 is 0 Å². The van der Waals surface area contributed by atoms with Crippen molar-refractivity contribution in [2.75, 3.05) is 11.4 Å². The zero-order valence-electron chi connectivity index (χ0n) is 12.9. The molecule has 4 rings (SSSR count). The highest BCUT2D eigenvalue weighted by Gasteiger charge is 2.35. The number of rotatable bonds is 1. The number of furan rings is 1. The Balaban J connectivity index is 1.85. The van der Waals surface area contributed by atoms with Crippen LogP contribution in [0.1, 0.15) is 30.9 Å².